The molecule has 33 heavy (non-hydrogen) atoms. The van der Waals surface area contributed by atoms with Crippen molar-refractivity contribution in [3.63, 3.8) is 0 Å². The molecule has 5 rings (SSSR count). The van der Waals surface area contributed by atoms with E-state index in [0.29, 0.717) is 22.8 Å². The molecule has 0 atom stereocenters. The molecule has 0 saturated carbocycles. The fourth-order valence-electron chi connectivity index (χ4n) is 3.89. The Balaban J connectivity index is 1.43. The van der Waals surface area contributed by atoms with Crippen LogP contribution in [0, 0.1) is 0 Å². The van der Waals surface area contributed by atoms with Gasteiger partial charge in [-0.1, -0.05) is 6.07 Å². The van der Waals surface area contributed by atoms with Gasteiger partial charge in [0.2, 0.25) is 11.8 Å². The van der Waals surface area contributed by atoms with Crippen LogP contribution in [0.1, 0.15) is 10.5 Å². The highest BCUT2D eigenvalue weighted by atomic mass is 16.5. The first kappa shape index (κ1) is 20.7. The van der Waals surface area contributed by atoms with Crippen LogP contribution < -0.4 is 20.3 Å². The van der Waals surface area contributed by atoms with E-state index < -0.39 is 0 Å². The molecule has 0 unspecified atom stereocenters. The summed E-state index contributed by atoms with van der Waals surface area (Å²) >= 11 is 0. The molecule has 10 heteroatoms. The minimum absolute atomic E-state index is 0.0102. The molecule has 4 aromatic heterocycles. The van der Waals surface area contributed by atoms with Crippen LogP contribution in [0.2, 0.25) is 0 Å². The number of aromatic hydroxyl groups is 1. The van der Waals surface area contributed by atoms with Gasteiger partial charge in [0.25, 0.3) is 5.91 Å². The van der Waals surface area contributed by atoms with Crippen molar-refractivity contribution < 1.29 is 14.6 Å². The average Bonchev–Trinajstić information content (AvgIpc) is 3.20. The van der Waals surface area contributed by atoms with Crippen LogP contribution in [0.15, 0.2) is 55.1 Å². The number of anilines is 2. The number of rotatable bonds is 5. The Morgan fingerprint density at radius 1 is 1.21 bits per heavy atom. The van der Waals surface area contributed by atoms with Crippen LogP contribution in [-0.2, 0) is 0 Å². The monoisotopic (exact) mass is 445 g/mol. The molecule has 168 valence electrons. The van der Waals surface area contributed by atoms with E-state index in [1.54, 1.807) is 49.1 Å². The second kappa shape index (κ2) is 8.75. The van der Waals surface area contributed by atoms with Crippen LogP contribution in [0.25, 0.3) is 16.6 Å². The van der Waals surface area contributed by atoms with Crippen molar-refractivity contribution in [3.05, 3.63) is 60.8 Å². The molecule has 4 aromatic rings. The average molecular weight is 445 g/mol. The van der Waals surface area contributed by atoms with E-state index in [0.717, 1.165) is 37.3 Å². The lowest BCUT2D eigenvalue weighted by Gasteiger charge is -2.30. The quantitative estimate of drug-likeness (QED) is 0.428. The van der Waals surface area contributed by atoms with E-state index in [2.05, 4.69) is 30.5 Å². The highest BCUT2D eigenvalue weighted by Crippen LogP contribution is 2.31. The van der Waals surface area contributed by atoms with Crippen molar-refractivity contribution in [1.29, 1.82) is 0 Å². The second-order valence-corrected chi connectivity index (χ2v) is 7.60. The molecule has 3 N–H and O–H groups in total. The molecule has 0 bridgehead atoms. The maximum atomic E-state index is 13.0. The zero-order valence-electron chi connectivity index (χ0n) is 18.0. The Hall–Kier alpha value is -4.18. The summed E-state index contributed by atoms with van der Waals surface area (Å²) in [4.78, 5) is 28.1. The number of ether oxygens (including phenoxy) is 1. The summed E-state index contributed by atoms with van der Waals surface area (Å²) in [7, 11) is 1.52. The Kier molecular flexibility index (Phi) is 5.49. The van der Waals surface area contributed by atoms with E-state index in [1.807, 2.05) is 6.07 Å². The first-order valence-electron chi connectivity index (χ1n) is 10.6. The van der Waals surface area contributed by atoms with Crippen molar-refractivity contribution in [2.24, 2.45) is 0 Å². The highest BCUT2D eigenvalue weighted by molar-refractivity contribution is 6.04. The number of amides is 1. The number of nitrogens with one attached hydrogen (secondary N) is 2. The van der Waals surface area contributed by atoms with Crippen molar-refractivity contribution in [1.82, 2.24) is 24.8 Å². The molecule has 0 radical (unpaired) electrons. The summed E-state index contributed by atoms with van der Waals surface area (Å²) < 4.78 is 6.65. The van der Waals surface area contributed by atoms with Crippen molar-refractivity contribution in [2.75, 3.05) is 43.5 Å². The largest absolute Gasteiger partial charge is 0.494 e. The summed E-state index contributed by atoms with van der Waals surface area (Å²) in [6, 6.07) is 8.62. The van der Waals surface area contributed by atoms with Gasteiger partial charge in [-0.25, -0.2) is 9.97 Å². The molecule has 1 aliphatic heterocycles. The lowest BCUT2D eigenvalue weighted by atomic mass is 10.2. The standard InChI is InChI=1S/C23H23N7O3/c1-33-21-11-16-15(12-26-21)14-30(23(16)32)20-4-2-3-17(27-20)22(31)28-18-13-25-6-5-19(18)29-9-7-24-8-10-29/h2-6,11-14,24,32H,7-10H2,1H3,(H,28,31). The van der Waals surface area contributed by atoms with E-state index in [9.17, 15) is 9.90 Å². The van der Waals surface area contributed by atoms with Gasteiger partial charge in [0.05, 0.1) is 30.1 Å². The number of aromatic nitrogens is 4. The van der Waals surface area contributed by atoms with Gasteiger partial charge in [0.1, 0.15) is 11.5 Å². The van der Waals surface area contributed by atoms with Gasteiger partial charge in [-0.2, -0.15) is 0 Å². The first-order chi connectivity index (χ1) is 16.1. The third kappa shape index (κ3) is 4.03. The van der Waals surface area contributed by atoms with E-state index in [1.165, 1.54) is 11.7 Å². The molecule has 5 heterocycles. The zero-order valence-corrected chi connectivity index (χ0v) is 18.0. The molecular formula is C23H23N7O3. The molecule has 1 aliphatic rings. The summed E-state index contributed by atoms with van der Waals surface area (Å²) in [5.74, 6) is 0.432. The van der Waals surface area contributed by atoms with Crippen molar-refractivity contribution >= 4 is 28.1 Å². The van der Waals surface area contributed by atoms with E-state index in [-0.39, 0.29) is 17.5 Å². The number of piperazine rings is 1. The number of carbonyl (C=O) groups is 1. The molecular weight excluding hydrogens is 422 g/mol. The third-order valence-electron chi connectivity index (χ3n) is 5.57. The van der Waals surface area contributed by atoms with Gasteiger partial charge in [-0.3, -0.25) is 14.3 Å². The number of methoxy groups -OCH3 is 1. The topological polar surface area (TPSA) is 117 Å². The fraction of sp³-hybridized carbons (Fsp3) is 0.217. The fourth-order valence-corrected chi connectivity index (χ4v) is 3.89. The SMILES string of the molecule is COc1cc2c(O)n(-c3cccc(C(=O)Nc4cnccc4N4CCNCC4)n3)cc2cn1. The predicted octanol–water partition coefficient (Wildman–Crippen LogP) is 2.19. The van der Waals surface area contributed by atoms with Gasteiger partial charge in [0, 0.05) is 56.2 Å². The summed E-state index contributed by atoms with van der Waals surface area (Å²) in [5.41, 5.74) is 1.77. The summed E-state index contributed by atoms with van der Waals surface area (Å²) in [5, 5.41) is 18.3. The van der Waals surface area contributed by atoms with Gasteiger partial charge in [-0.05, 0) is 18.2 Å². The Labute approximate surface area is 189 Å². The van der Waals surface area contributed by atoms with Crippen LogP contribution in [0.3, 0.4) is 0 Å². The highest BCUT2D eigenvalue weighted by Gasteiger charge is 2.18. The van der Waals surface area contributed by atoms with Crippen LogP contribution in [-0.4, -0.2) is 63.8 Å². The number of nitrogens with zero attached hydrogens (tertiary/aromatic N) is 5. The lowest BCUT2D eigenvalue weighted by molar-refractivity contribution is 0.102. The smallest absolute Gasteiger partial charge is 0.274 e. The predicted molar refractivity (Wildman–Crippen MR) is 124 cm³/mol. The number of pyridine rings is 3. The van der Waals surface area contributed by atoms with Crippen molar-refractivity contribution in [3.8, 4) is 17.6 Å². The number of hydrogen-bond acceptors (Lipinski definition) is 8. The zero-order chi connectivity index (χ0) is 22.8. The maximum Gasteiger partial charge on any atom is 0.274 e. The number of carbonyl (C=O) groups excluding carboxylic acids is 1. The molecule has 10 nitrogen and oxygen atoms in total. The second-order valence-electron chi connectivity index (χ2n) is 7.60. The third-order valence-corrected chi connectivity index (χ3v) is 5.57. The molecule has 0 spiro atoms. The lowest BCUT2D eigenvalue weighted by Crippen LogP contribution is -2.43. The van der Waals surface area contributed by atoms with Crippen LogP contribution in [0.4, 0.5) is 11.4 Å². The minimum atomic E-state index is -0.360. The van der Waals surface area contributed by atoms with Gasteiger partial charge >= 0.3 is 0 Å². The maximum absolute atomic E-state index is 13.0. The Morgan fingerprint density at radius 2 is 2.06 bits per heavy atom. The van der Waals surface area contributed by atoms with E-state index in [4.69, 9.17) is 4.74 Å². The van der Waals surface area contributed by atoms with E-state index >= 15 is 0 Å². The summed E-state index contributed by atoms with van der Waals surface area (Å²) in [6.45, 7) is 3.46. The summed E-state index contributed by atoms with van der Waals surface area (Å²) in [6.07, 6.45) is 6.69. The van der Waals surface area contributed by atoms with Crippen molar-refractivity contribution in [2.45, 2.75) is 0 Å². The normalized spacial score (nSPS) is 13.8. The van der Waals surface area contributed by atoms with Gasteiger partial charge < -0.3 is 25.4 Å². The molecule has 0 aliphatic carbocycles. The molecule has 1 fully saturated rings. The van der Waals surface area contributed by atoms with Gasteiger partial charge in [-0.15, -0.1) is 0 Å². The molecule has 1 saturated heterocycles. The Bertz CT molecular complexity index is 1310. The minimum Gasteiger partial charge on any atom is -0.494 e. The van der Waals surface area contributed by atoms with Gasteiger partial charge in [0.15, 0.2) is 0 Å². The number of hydrogen-bond donors (Lipinski definition) is 3. The molecule has 0 aromatic carbocycles. The van der Waals surface area contributed by atoms with Crippen LogP contribution in [0.5, 0.6) is 11.8 Å². The Morgan fingerprint density at radius 3 is 2.88 bits per heavy atom. The molecule has 1 amide bonds. The first-order valence-corrected chi connectivity index (χ1v) is 10.6. The number of fused-ring (bicyclic) bond motifs is 1. The van der Waals surface area contributed by atoms with Crippen LogP contribution >= 0.6 is 0 Å².